The minimum Gasteiger partial charge on any atom is -0.368 e. The van der Waals surface area contributed by atoms with Crippen molar-refractivity contribution in [2.24, 2.45) is 0 Å². The second-order valence-corrected chi connectivity index (χ2v) is 6.93. The number of hydrogen-bond acceptors (Lipinski definition) is 2. The molecule has 0 fully saturated rings. The number of aliphatic hydroxyl groups is 2. The van der Waals surface area contributed by atoms with Crippen molar-refractivity contribution in [1.82, 2.24) is 0 Å². The molecule has 2 nitrogen and oxygen atoms in total. The Labute approximate surface area is 139 Å². The van der Waals surface area contributed by atoms with Crippen molar-refractivity contribution in [2.75, 3.05) is 0 Å². The van der Waals surface area contributed by atoms with Crippen LogP contribution >= 0.6 is 0 Å². The Hall–Kier alpha value is -0.340. The molecule has 0 spiro atoms. The van der Waals surface area contributed by atoms with E-state index in [0.29, 0.717) is 6.42 Å². The summed E-state index contributed by atoms with van der Waals surface area (Å²) in [5.41, 5.74) is 1.32. The van der Waals surface area contributed by atoms with Crippen LogP contribution in [0.1, 0.15) is 110 Å². The van der Waals surface area contributed by atoms with Crippen LogP contribution < -0.4 is 0 Å². The largest absolute Gasteiger partial charge is 0.368 e. The van der Waals surface area contributed by atoms with Gasteiger partial charge in [0.25, 0.3) is 0 Å². The van der Waals surface area contributed by atoms with Gasteiger partial charge >= 0.3 is 0 Å². The van der Waals surface area contributed by atoms with E-state index >= 15 is 0 Å². The summed E-state index contributed by atoms with van der Waals surface area (Å²) in [7, 11) is 0. The topological polar surface area (TPSA) is 40.5 Å². The summed E-state index contributed by atoms with van der Waals surface area (Å²) in [6.07, 6.45) is 19.1. The second kappa shape index (κ2) is 17.0. The number of aliphatic hydroxyl groups excluding tert-OH is 1. The summed E-state index contributed by atoms with van der Waals surface area (Å²) < 4.78 is 0. The van der Waals surface area contributed by atoms with Crippen LogP contribution in [0.3, 0.4) is 0 Å². The maximum atomic E-state index is 8.73. The third-order valence-electron chi connectivity index (χ3n) is 4.32. The molecule has 0 saturated carbocycles. The molecule has 0 saturated heterocycles. The fourth-order valence-electron chi connectivity index (χ4n) is 2.88. The fourth-order valence-corrected chi connectivity index (χ4v) is 2.88. The number of hydrogen-bond donors (Lipinski definition) is 2. The van der Waals surface area contributed by atoms with Crippen molar-refractivity contribution in [3.05, 3.63) is 12.2 Å². The maximum Gasteiger partial charge on any atom is 0.151 e. The summed E-state index contributed by atoms with van der Waals surface area (Å²) in [6, 6.07) is 0. The molecule has 132 valence electrons. The molecule has 0 amide bonds. The molecule has 0 aromatic heterocycles. The third-order valence-corrected chi connectivity index (χ3v) is 4.32. The summed E-state index contributed by atoms with van der Waals surface area (Å²) in [5.74, 6) is 0. The lowest BCUT2D eigenvalue weighted by Gasteiger charge is -2.04. The molecule has 0 radical (unpaired) electrons. The summed E-state index contributed by atoms with van der Waals surface area (Å²) >= 11 is 0. The van der Waals surface area contributed by atoms with Gasteiger partial charge in [0, 0.05) is 0 Å². The van der Waals surface area contributed by atoms with E-state index in [1.165, 1.54) is 89.0 Å². The Balaban J connectivity index is 2.98. The predicted octanol–water partition coefficient (Wildman–Crippen LogP) is 6.11. The highest BCUT2D eigenvalue weighted by molar-refractivity contribution is 4.86. The fraction of sp³-hybridized carbons (Fsp3) is 0.900. The van der Waals surface area contributed by atoms with E-state index in [1.54, 1.807) is 0 Å². The Morgan fingerprint density at radius 1 is 0.636 bits per heavy atom. The quantitative estimate of drug-likeness (QED) is 0.193. The first-order valence-electron chi connectivity index (χ1n) is 9.63. The van der Waals surface area contributed by atoms with Crippen LogP contribution in [0.15, 0.2) is 12.2 Å². The van der Waals surface area contributed by atoms with Crippen LogP contribution in [0.2, 0.25) is 0 Å². The van der Waals surface area contributed by atoms with E-state index in [4.69, 9.17) is 10.2 Å². The molecule has 0 heterocycles. The highest BCUT2D eigenvalue weighted by atomic mass is 16.5. The minimum absolute atomic E-state index is 0.535. The van der Waals surface area contributed by atoms with Crippen molar-refractivity contribution >= 4 is 0 Å². The molecule has 2 N–H and O–H groups in total. The molecule has 0 rings (SSSR count). The van der Waals surface area contributed by atoms with Crippen molar-refractivity contribution in [3.63, 3.8) is 0 Å². The van der Waals surface area contributed by atoms with Gasteiger partial charge in [0.15, 0.2) is 6.29 Å². The van der Waals surface area contributed by atoms with E-state index in [1.807, 2.05) is 0 Å². The molecular formula is C20H40O2. The Bertz CT molecular complexity index is 236. The average molecular weight is 313 g/mol. The van der Waals surface area contributed by atoms with Crippen molar-refractivity contribution in [2.45, 2.75) is 116 Å². The highest BCUT2D eigenvalue weighted by Crippen LogP contribution is 2.14. The van der Waals surface area contributed by atoms with Crippen LogP contribution in [-0.2, 0) is 0 Å². The van der Waals surface area contributed by atoms with Crippen molar-refractivity contribution < 1.29 is 10.2 Å². The summed E-state index contributed by atoms with van der Waals surface area (Å²) in [6.45, 7) is 6.07. The Kier molecular flexibility index (Phi) is 16.8. The van der Waals surface area contributed by atoms with E-state index in [2.05, 4.69) is 13.5 Å². The van der Waals surface area contributed by atoms with Gasteiger partial charge in [-0.2, -0.15) is 0 Å². The van der Waals surface area contributed by atoms with E-state index in [0.717, 1.165) is 12.8 Å². The van der Waals surface area contributed by atoms with E-state index < -0.39 is 6.29 Å². The second-order valence-electron chi connectivity index (χ2n) is 6.93. The lowest BCUT2D eigenvalue weighted by molar-refractivity contribution is -0.0466. The van der Waals surface area contributed by atoms with Crippen molar-refractivity contribution in [3.8, 4) is 0 Å². The smallest absolute Gasteiger partial charge is 0.151 e. The van der Waals surface area contributed by atoms with Crippen molar-refractivity contribution in [1.29, 1.82) is 0 Å². The zero-order valence-electron chi connectivity index (χ0n) is 15.0. The molecule has 2 heteroatoms. The normalized spacial score (nSPS) is 11.3. The molecule has 0 aromatic carbocycles. The first-order chi connectivity index (χ1) is 10.6. The van der Waals surface area contributed by atoms with Gasteiger partial charge in [-0.25, -0.2) is 0 Å². The van der Waals surface area contributed by atoms with Crippen LogP contribution in [-0.4, -0.2) is 16.5 Å². The molecule has 0 bridgehead atoms. The zero-order valence-corrected chi connectivity index (χ0v) is 15.0. The van der Waals surface area contributed by atoms with Gasteiger partial charge in [-0.15, -0.1) is 6.58 Å². The van der Waals surface area contributed by atoms with Crippen LogP contribution in [0.4, 0.5) is 0 Å². The standard InChI is InChI=1S/C20H40O2/c1-19(2)17-15-13-11-9-7-5-3-4-6-8-10-12-14-16-18-20(21)22/h20-22H,1,3-18H2,2H3. The molecule has 0 aliphatic rings. The monoisotopic (exact) mass is 312 g/mol. The lowest BCUT2D eigenvalue weighted by Crippen LogP contribution is -2.02. The summed E-state index contributed by atoms with van der Waals surface area (Å²) in [5, 5.41) is 17.5. The van der Waals surface area contributed by atoms with Gasteiger partial charge in [0.1, 0.15) is 0 Å². The maximum absolute atomic E-state index is 8.73. The number of allylic oxidation sites excluding steroid dienone is 1. The van der Waals surface area contributed by atoms with Gasteiger partial charge in [0.2, 0.25) is 0 Å². The van der Waals surface area contributed by atoms with Gasteiger partial charge < -0.3 is 10.2 Å². The molecule has 0 aliphatic heterocycles. The highest BCUT2D eigenvalue weighted by Gasteiger charge is 1.97. The van der Waals surface area contributed by atoms with E-state index in [9.17, 15) is 0 Å². The first-order valence-corrected chi connectivity index (χ1v) is 9.63. The van der Waals surface area contributed by atoms with Crippen LogP contribution in [0.5, 0.6) is 0 Å². The lowest BCUT2D eigenvalue weighted by atomic mass is 10.0. The molecule has 0 aromatic rings. The molecule has 0 atom stereocenters. The minimum atomic E-state index is -1.11. The van der Waals surface area contributed by atoms with Crippen LogP contribution in [0.25, 0.3) is 0 Å². The van der Waals surface area contributed by atoms with Gasteiger partial charge in [-0.05, 0) is 32.6 Å². The first kappa shape index (κ1) is 21.7. The summed E-state index contributed by atoms with van der Waals surface area (Å²) in [4.78, 5) is 0. The average Bonchev–Trinajstić information content (AvgIpc) is 2.46. The SMILES string of the molecule is C=C(C)CCCCCCCCCCCCCCCCC(O)O. The Morgan fingerprint density at radius 3 is 1.27 bits per heavy atom. The number of unbranched alkanes of at least 4 members (excludes halogenated alkanes) is 13. The molecule has 0 unspecified atom stereocenters. The van der Waals surface area contributed by atoms with Crippen LogP contribution in [0, 0.1) is 0 Å². The Morgan fingerprint density at radius 2 is 0.955 bits per heavy atom. The number of rotatable bonds is 17. The third kappa shape index (κ3) is 19.7. The molecule has 0 aliphatic carbocycles. The van der Waals surface area contributed by atoms with Gasteiger partial charge in [-0.3, -0.25) is 0 Å². The molecular weight excluding hydrogens is 272 g/mol. The van der Waals surface area contributed by atoms with Gasteiger partial charge in [0.05, 0.1) is 0 Å². The van der Waals surface area contributed by atoms with E-state index in [-0.39, 0.29) is 0 Å². The molecule has 22 heavy (non-hydrogen) atoms. The zero-order chi connectivity index (χ0) is 16.5. The predicted molar refractivity (Wildman–Crippen MR) is 96.9 cm³/mol. The van der Waals surface area contributed by atoms with Gasteiger partial charge in [-0.1, -0.05) is 82.6 Å².